The first kappa shape index (κ1) is 12.4. The standard InChI is InChI=1S/C16H18O3/c1-9-2-4-10(5-3-9)15(17)13-11-6-7-12(8-11)14(13)16(18)19/h2-5,11-14H,6-8H2,1H3,(H,18,19)/t11-,12+,13-,14+/m0/s1. The number of carbonyl (C=O) groups excluding carboxylic acids is 1. The molecule has 3 nitrogen and oxygen atoms in total. The predicted octanol–water partition coefficient (Wildman–Crippen LogP) is 2.92. The molecule has 2 aliphatic rings. The molecular formula is C16H18O3. The van der Waals surface area contributed by atoms with Crippen molar-refractivity contribution in [2.24, 2.45) is 23.7 Å². The van der Waals surface area contributed by atoms with E-state index in [1.807, 2.05) is 31.2 Å². The van der Waals surface area contributed by atoms with Crippen LogP contribution in [0.15, 0.2) is 24.3 Å². The second-order valence-corrected chi connectivity index (χ2v) is 5.95. The van der Waals surface area contributed by atoms with Crippen molar-refractivity contribution in [2.45, 2.75) is 26.2 Å². The number of carboxylic acid groups (broad SMARTS) is 1. The van der Waals surface area contributed by atoms with Crippen molar-refractivity contribution in [1.82, 2.24) is 0 Å². The molecule has 0 unspecified atom stereocenters. The molecule has 2 aliphatic carbocycles. The number of ketones is 1. The maximum atomic E-state index is 12.6. The molecule has 0 radical (unpaired) electrons. The van der Waals surface area contributed by atoms with Crippen LogP contribution >= 0.6 is 0 Å². The number of benzene rings is 1. The van der Waals surface area contributed by atoms with Gasteiger partial charge in [-0.2, -0.15) is 0 Å². The van der Waals surface area contributed by atoms with E-state index in [1.165, 1.54) is 0 Å². The first-order valence-corrected chi connectivity index (χ1v) is 6.91. The van der Waals surface area contributed by atoms with Gasteiger partial charge in [0, 0.05) is 11.5 Å². The van der Waals surface area contributed by atoms with Gasteiger partial charge in [-0.3, -0.25) is 9.59 Å². The fraction of sp³-hybridized carbons (Fsp3) is 0.500. The van der Waals surface area contributed by atoms with Crippen molar-refractivity contribution >= 4 is 11.8 Å². The van der Waals surface area contributed by atoms with Gasteiger partial charge in [0.1, 0.15) is 0 Å². The predicted molar refractivity (Wildman–Crippen MR) is 71.0 cm³/mol. The zero-order valence-corrected chi connectivity index (χ0v) is 11.0. The summed E-state index contributed by atoms with van der Waals surface area (Å²) in [6, 6.07) is 7.47. The maximum absolute atomic E-state index is 12.6. The van der Waals surface area contributed by atoms with Crippen molar-refractivity contribution in [1.29, 1.82) is 0 Å². The molecule has 1 N–H and O–H groups in total. The second-order valence-electron chi connectivity index (χ2n) is 5.95. The van der Waals surface area contributed by atoms with Crippen molar-refractivity contribution in [3.63, 3.8) is 0 Å². The normalized spacial score (nSPS) is 32.5. The quantitative estimate of drug-likeness (QED) is 0.848. The third kappa shape index (κ3) is 1.97. The third-order valence-corrected chi connectivity index (χ3v) is 4.84. The summed E-state index contributed by atoms with van der Waals surface area (Å²) in [6.45, 7) is 1.98. The number of fused-ring (bicyclic) bond motifs is 2. The van der Waals surface area contributed by atoms with E-state index in [0.717, 1.165) is 24.8 Å². The van der Waals surface area contributed by atoms with E-state index in [2.05, 4.69) is 0 Å². The minimum absolute atomic E-state index is 0.0274. The lowest BCUT2D eigenvalue weighted by atomic mass is 9.75. The zero-order valence-electron chi connectivity index (χ0n) is 11.0. The van der Waals surface area contributed by atoms with Crippen molar-refractivity contribution in [2.75, 3.05) is 0 Å². The van der Waals surface area contributed by atoms with Gasteiger partial charge in [0.05, 0.1) is 5.92 Å². The molecule has 0 aromatic heterocycles. The zero-order chi connectivity index (χ0) is 13.6. The second kappa shape index (κ2) is 4.48. The highest BCUT2D eigenvalue weighted by molar-refractivity contribution is 6.00. The number of Topliss-reactive ketones (excluding diaryl/α,β-unsaturated/α-hetero) is 1. The molecule has 0 saturated heterocycles. The van der Waals surface area contributed by atoms with Crippen LogP contribution in [0.4, 0.5) is 0 Å². The lowest BCUT2D eigenvalue weighted by molar-refractivity contribution is -0.144. The summed E-state index contributed by atoms with van der Waals surface area (Å²) in [5, 5.41) is 9.39. The molecule has 1 aromatic carbocycles. The molecule has 4 atom stereocenters. The maximum Gasteiger partial charge on any atom is 0.307 e. The van der Waals surface area contributed by atoms with Crippen molar-refractivity contribution < 1.29 is 14.7 Å². The lowest BCUT2D eigenvalue weighted by Gasteiger charge is -2.26. The number of carboxylic acids is 1. The summed E-state index contributed by atoms with van der Waals surface area (Å²) in [7, 11) is 0. The summed E-state index contributed by atoms with van der Waals surface area (Å²) < 4.78 is 0. The number of aryl methyl sites for hydroxylation is 1. The lowest BCUT2D eigenvalue weighted by Crippen LogP contribution is -2.34. The van der Waals surface area contributed by atoms with Gasteiger partial charge in [-0.25, -0.2) is 0 Å². The van der Waals surface area contributed by atoms with Crippen LogP contribution in [0.5, 0.6) is 0 Å². The third-order valence-electron chi connectivity index (χ3n) is 4.84. The van der Waals surface area contributed by atoms with Crippen LogP contribution in [0.3, 0.4) is 0 Å². The van der Waals surface area contributed by atoms with Crippen molar-refractivity contribution in [3.8, 4) is 0 Å². The molecule has 0 heterocycles. The summed E-state index contributed by atoms with van der Waals surface area (Å²) in [5.41, 5.74) is 1.77. The van der Waals surface area contributed by atoms with Crippen LogP contribution in [0, 0.1) is 30.6 Å². The summed E-state index contributed by atoms with van der Waals surface area (Å²) >= 11 is 0. The fourth-order valence-corrected chi connectivity index (χ4v) is 3.93. The van der Waals surface area contributed by atoms with E-state index in [-0.39, 0.29) is 23.5 Å². The molecule has 100 valence electrons. The van der Waals surface area contributed by atoms with Gasteiger partial charge < -0.3 is 5.11 Å². The smallest absolute Gasteiger partial charge is 0.307 e. The highest BCUT2D eigenvalue weighted by Crippen LogP contribution is 2.53. The minimum Gasteiger partial charge on any atom is -0.481 e. The molecule has 2 saturated carbocycles. The van der Waals surface area contributed by atoms with Gasteiger partial charge in [-0.1, -0.05) is 29.8 Å². The molecule has 2 bridgehead atoms. The Balaban J connectivity index is 1.90. The molecule has 3 rings (SSSR count). The van der Waals surface area contributed by atoms with Crippen LogP contribution in [-0.4, -0.2) is 16.9 Å². The molecule has 0 aliphatic heterocycles. The van der Waals surface area contributed by atoms with E-state index < -0.39 is 11.9 Å². The monoisotopic (exact) mass is 258 g/mol. The Hall–Kier alpha value is -1.64. The Bertz CT molecular complexity index is 517. The van der Waals surface area contributed by atoms with Gasteiger partial charge in [-0.05, 0) is 38.0 Å². The molecular weight excluding hydrogens is 240 g/mol. The average Bonchev–Trinajstić information content (AvgIpc) is 2.98. The van der Waals surface area contributed by atoms with Gasteiger partial charge in [0.2, 0.25) is 0 Å². The van der Waals surface area contributed by atoms with Crippen LogP contribution < -0.4 is 0 Å². The van der Waals surface area contributed by atoms with E-state index in [1.54, 1.807) is 0 Å². The molecule has 2 fully saturated rings. The highest BCUT2D eigenvalue weighted by Gasteiger charge is 2.53. The summed E-state index contributed by atoms with van der Waals surface area (Å²) in [5.74, 6) is -1.05. The molecule has 1 aromatic rings. The Labute approximate surface area is 112 Å². The number of hydrogen-bond donors (Lipinski definition) is 1. The first-order valence-electron chi connectivity index (χ1n) is 6.91. The number of hydrogen-bond acceptors (Lipinski definition) is 2. The van der Waals surface area contributed by atoms with Gasteiger partial charge in [0.15, 0.2) is 5.78 Å². The Morgan fingerprint density at radius 2 is 1.63 bits per heavy atom. The van der Waals surface area contributed by atoms with Crippen LogP contribution in [-0.2, 0) is 4.79 Å². The average molecular weight is 258 g/mol. The van der Waals surface area contributed by atoms with Gasteiger partial charge >= 0.3 is 5.97 Å². The van der Waals surface area contributed by atoms with Crippen LogP contribution in [0.25, 0.3) is 0 Å². The largest absolute Gasteiger partial charge is 0.481 e. The SMILES string of the molecule is Cc1ccc(C(=O)[C@H]2[C@H]3CC[C@H](C3)[C@H]2C(=O)O)cc1. The number of aliphatic carboxylic acids is 1. The van der Waals surface area contributed by atoms with Crippen molar-refractivity contribution in [3.05, 3.63) is 35.4 Å². The topological polar surface area (TPSA) is 54.4 Å². The van der Waals surface area contributed by atoms with Crippen LogP contribution in [0.2, 0.25) is 0 Å². The van der Waals surface area contributed by atoms with E-state index in [9.17, 15) is 14.7 Å². The summed E-state index contributed by atoms with van der Waals surface area (Å²) in [4.78, 5) is 24.0. The number of carbonyl (C=O) groups is 2. The molecule has 19 heavy (non-hydrogen) atoms. The Kier molecular flexibility index (Phi) is 2.92. The van der Waals surface area contributed by atoms with Gasteiger partial charge in [0.25, 0.3) is 0 Å². The van der Waals surface area contributed by atoms with E-state index in [0.29, 0.717) is 5.56 Å². The molecule has 0 spiro atoms. The summed E-state index contributed by atoms with van der Waals surface area (Å²) in [6.07, 6.45) is 2.90. The Morgan fingerprint density at radius 3 is 2.21 bits per heavy atom. The minimum atomic E-state index is -0.794. The van der Waals surface area contributed by atoms with E-state index in [4.69, 9.17) is 0 Å². The van der Waals surface area contributed by atoms with Crippen LogP contribution in [0.1, 0.15) is 35.2 Å². The molecule has 0 amide bonds. The number of rotatable bonds is 3. The van der Waals surface area contributed by atoms with E-state index >= 15 is 0 Å². The Morgan fingerprint density at radius 1 is 1.05 bits per heavy atom. The highest BCUT2D eigenvalue weighted by atomic mass is 16.4. The van der Waals surface area contributed by atoms with Gasteiger partial charge in [-0.15, -0.1) is 0 Å². The molecule has 3 heteroatoms. The first-order chi connectivity index (χ1) is 9.08. The fourth-order valence-electron chi connectivity index (χ4n) is 3.93.